The molecule has 1 aromatic heterocycles. The number of aryl methyl sites for hydroxylation is 1. The number of hydrogen-bond acceptors (Lipinski definition) is 5. The first-order valence-corrected chi connectivity index (χ1v) is 9.49. The van der Waals surface area contributed by atoms with Gasteiger partial charge in [-0.15, -0.1) is 0 Å². The maximum Gasteiger partial charge on any atom is 0.411 e. The largest absolute Gasteiger partial charge is 0.444 e. The highest BCUT2D eigenvalue weighted by Gasteiger charge is 2.71. The van der Waals surface area contributed by atoms with E-state index in [1.54, 1.807) is 26.8 Å². The van der Waals surface area contributed by atoms with Crippen LogP contribution in [0.1, 0.15) is 39.2 Å². The molecule has 9 heteroatoms. The van der Waals surface area contributed by atoms with Crippen molar-refractivity contribution in [1.29, 1.82) is 0 Å². The van der Waals surface area contributed by atoms with Gasteiger partial charge in [-0.1, -0.05) is 6.07 Å². The van der Waals surface area contributed by atoms with Gasteiger partial charge in [-0.3, -0.25) is 14.5 Å². The summed E-state index contributed by atoms with van der Waals surface area (Å²) in [5.74, 6) is -0.511. The zero-order valence-corrected chi connectivity index (χ0v) is 17.3. The standard InChI is InChI=1S/C18H23BrN4O4/c1-9-5-6-12(19)21-13(9)22-14(24)10-7-18(15(20)25)8-11(18)23(10)16(26)27-17(2,3)4/h5-6,10-11H,7-8H2,1-4H3,(H2,20,25)(H,21,22,24)/t10-,11+,18+/m0/s1. The minimum Gasteiger partial charge on any atom is -0.444 e. The molecule has 2 fully saturated rings. The van der Waals surface area contributed by atoms with E-state index in [-0.39, 0.29) is 6.42 Å². The first-order valence-electron chi connectivity index (χ1n) is 8.70. The number of hydrogen-bond donors (Lipinski definition) is 2. The van der Waals surface area contributed by atoms with Gasteiger partial charge in [-0.25, -0.2) is 9.78 Å². The first-order chi connectivity index (χ1) is 12.4. The molecule has 27 heavy (non-hydrogen) atoms. The molecular formula is C18H23BrN4O4. The Labute approximate surface area is 165 Å². The molecule has 146 valence electrons. The molecule has 0 radical (unpaired) electrons. The number of halogens is 1. The highest BCUT2D eigenvalue weighted by Crippen LogP contribution is 2.59. The number of amides is 3. The number of primary amides is 1. The number of anilines is 1. The summed E-state index contributed by atoms with van der Waals surface area (Å²) in [6, 6.07) is 2.34. The summed E-state index contributed by atoms with van der Waals surface area (Å²) in [4.78, 5) is 43.2. The molecule has 1 aromatic rings. The number of nitrogens with zero attached hydrogens (tertiary/aromatic N) is 2. The number of nitrogens with one attached hydrogen (secondary N) is 1. The highest BCUT2D eigenvalue weighted by atomic mass is 79.9. The van der Waals surface area contributed by atoms with Gasteiger partial charge in [-0.05, 0) is 68.1 Å². The van der Waals surface area contributed by atoms with Crippen molar-refractivity contribution in [3.8, 4) is 0 Å². The molecule has 8 nitrogen and oxygen atoms in total. The van der Waals surface area contributed by atoms with Crippen molar-refractivity contribution in [3.63, 3.8) is 0 Å². The van der Waals surface area contributed by atoms with Crippen LogP contribution >= 0.6 is 15.9 Å². The van der Waals surface area contributed by atoms with Gasteiger partial charge >= 0.3 is 6.09 Å². The predicted molar refractivity (Wildman–Crippen MR) is 102 cm³/mol. The molecule has 0 bridgehead atoms. The minimum absolute atomic E-state index is 0.186. The Hall–Kier alpha value is -2.16. The van der Waals surface area contributed by atoms with E-state index in [9.17, 15) is 14.4 Å². The fraction of sp³-hybridized carbons (Fsp3) is 0.556. The number of rotatable bonds is 3. The number of aromatic nitrogens is 1. The number of fused-ring (bicyclic) bond motifs is 1. The van der Waals surface area contributed by atoms with Gasteiger partial charge in [0.25, 0.3) is 0 Å². The lowest BCUT2D eigenvalue weighted by Gasteiger charge is -2.29. The third-order valence-electron chi connectivity index (χ3n) is 4.97. The summed E-state index contributed by atoms with van der Waals surface area (Å²) in [5, 5.41) is 2.76. The van der Waals surface area contributed by atoms with Crippen molar-refractivity contribution in [1.82, 2.24) is 9.88 Å². The predicted octanol–water partition coefficient (Wildman–Crippen LogP) is 2.34. The SMILES string of the molecule is Cc1ccc(Br)nc1NC(=O)[C@@H]1C[C@@]2(C(N)=O)C[C@H]2N1C(=O)OC(C)(C)C. The van der Waals surface area contributed by atoms with Crippen LogP contribution in [0.25, 0.3) is 0 Å². The summed E-state index contributed by atoms with van der Waals surface area (Å²) >= 11 is 3.27. The first kappa shape index (κ1) is 19.6. The molecule has 0 spiro atoms. The maximum atomic E-state index is 12.9. The molecule has 1 aliphatic carbocycles. The summed E-state index contributed by atoms with van der Waals surface area (Å²) in [5.41, 5.74) is 4.77. The van der Waals surface area contributed by atoms with Crippen molar-refractivity contribution in [2.24, 2.45) is 11.1 Å². The lowest BCUT2D eigenvalue weighted by Crippen LogP contribution is -2.47. The van der Waals surface area contributed by atoms with Gasteiger partial charge in [0.15, 0.2) is 0 Å². The number of carbonyl (C=O) groups is 3. The smallest absolute Gasteiger partial charge is 0.411 e. The van der Waals surface area contributed by atoms with Crippen molar-refractivity contribution in [2.45, 2.75) is 58.2 Å². The third-order valence-corrected chi connectivity index (χ3v) is 5.41. The lowest BCUT2D eigenvalue weighted by molar-refractivity contribution is -0.123. The lowest BCUT2D eigenvalue weighted by atomic mass is 9.98. The van der Waals surface area contributed by atoms with Gasteiger partial charge in [0.1, 0.15) is 22.1 Å². The van der Waals surface area contributed by atoms with E-state index in [1.807, 2.05) is 13.0 Å². The van der Waals surface area contributed by atoms with E-state index >= 15 is 0 Å². The third kappa shape index (κ3) is 3.65. The van der Waals surface area contributed by atoms with Gasteiger partial charge in [0.2, 0.25) is 11.8 Å². The van der Waals surface area contributed by atoms with E-state index in [4.69, 9.17) is 10.5 Å². The molecule has 3 amide bonds. The molecule has 0 aromatic carbocycles. The molecule has 3 atom stereocenters. The second-order valence-electron chi connectivity index (χ2n) is 8.14. The number of piperidine rings is 1. The monoisotopic (exact) mass is 438 g/mol. The topological polar surface area (TPSA) is 115 Å². The maximum absolute atomic E-state index is 12.9. The van der Waals surface area contributed by atoms with E-state index in [2.05, 4.69) is 26.2 Å². The highest BCUT2D eigenvalue weighted by molar-refractivity contribution is 9.10. The van der Waals surface area contributed by atoms with Crippen LogP contribution in [0.2, 0.25) is 0 Å². The Balaban J connectivity index is 1.85. The number of likely N-dealkylation sites (tertiary alicyclic amines) is 1. The van der Waals surface area contributed by atoms with E-state index < -0.39 is 41.0 Å². The van der Waals surface area contributed by atoms with Crippen molar-refractivity contribution in [3.05, 3.63) is 22.3 Å². The number of ether oxygens (including phenoxy) is 1. The number of pyridine rings is 1. The zero-order valence-electron chi connectivity index (χ0n) is 15.7. The quantitative estimate of drug-likeness (QED) is 0.702. The average molecular weight is 439 g/mol. The van der Waals surface area contributed by atoms with Crippen LogP contribution in [0.15, 0.2) is 16.7 Å². The van der Waals surface area contributed by atoms with Crippen LogP contribution in [-0.2, 0) is 14.3 Å². The minimum atomic E-state index is -0.849. The normalized spacial score (nSPS) is 26.3. The molecule has 1 saturated heterocycles. The second kappa shape index (κ2) is 6.47. The fourth-order valence-electron chi connectivity index (χ4n) is 3.52. The molecule has 1 saturated carbocycles. The number of nitrogens with two attached hydrogens (primary N) is 1. The molecule has 3 N–H and O–H groups in total. The van der Waals surface area contributed by atoms with Crippen molar-refractivity contribution in [2.75, 3.05) is 5.32 Å². The molecule has 1 aliphatic heterocycles. The molecule has 3 rings (SSSR count). The van der Waals surface area contributed by atoms with Crippen molar-refractivity contribution < 1.29 is 19.1 Å². The van der Waals surface area contributed by atoms with Crippen LogP contribution in [0.5, 0.6) is 0 Å². The van der Waals surface area contributed by atoms with E-state index in [0.717, 1.165) is 5.56 Å². The molecular weight excluding hydrogens is 416 g/mol. The van der Waals surface area contributed by atoms with Crippen LogP contribution in [0, 0.1) is 12.3 Å². The summed E-state index contributed by atoms with van der Waals surface area (Å²) in [6.07, 6.45) is 0.0252. The van der Waals surface area contributed by atoms with Crippen LogP contribution in [-0.4, -0.2) is 45.5 Å². The Morgan fingerprint density at radius 3 is 2.59 bits per heavy atom. The van der Waals surface area contributed by atoms with Crippen LogP contribution in [0.4, 0.5) is 10.6 Å². The van der Waals surface area contributed by atoms with Gasteiger partial charge in [0, 0.05) is 0 Å². The average Bonchev–Trinajstić information content (AvgIpc) is 3.15. The Bertz CT molecular complexity index is 822. The molecule has 0 unspecified atom stereocenters. The van der Waals surface area contributed by atoms with Crippen LogP contribution < -0.4 is 11.1 Å². The zero-order chi connectivity index (χ0) is 20.1. The molecule has 2 heterocycles. The summed E-state index contributed by atoms with van der Waals surface area (Å²) < 4.78 is 6.03. The van der Waals surface area contributed by atoms with E-state index in [1.165, 1.54) is 4.90 Å². The van der Waals surface area contributed by atoms with E-state index in [0.29, 0.717) is 16.8 Å². The second-order valence-corrected chi connectivity index (χ2v) is 8.95. The Kier molecular flexibility index (Phi) is 4.70. The van der Waals surface area contributed by atoms with Crippen LogP contribution in [0.3, 0.4) is 0 Å². The van der Waals surface area contributed by atoms with Gasteiger partial charge in [0.05, 0.1) is 11.5 Å². The van der Waals surface area contributed by atoms with Gasteiger partial charge < -0.3 is 15.8 Å². The number of carbonyl (C=O) groups excluding carboxylic acids is 3. The fourth-order valence-corrected chi connectivity index (χ4v) is 3.83. The Morgan fingerprint density at radius 1 is 1.33 bits per heavy atom. The van der Waals surface area contributed by atoms with Gasteiger partial charge in [-0.2, -0.15) is 0 Å². The summed E-state index contributed by atoms with van der Waals surface area (Å²) in [6.45, 7) is 7.06. The summed E-state index contributed by atoms with van der Waals surface area (Å²) in [7, 11) is 0. The Morgan fingerprint density at radius 2 is 2.00 bits per heavy atom. The van der Waals surface area contributed by atoms with Crippen molar-refractivity contribution >= 4 is 39.7 Å². The molecule has 2 aliphatic rings.